The van der Waals surface area contributed by atoms with Gasteiger partial charge in [-0.15, -0.1) is 0 Å². The first kappa shape index (κ1) is 16.0. The zero-order valence-corrected chi connectivity index (χ0v) is 14.1. The molecule has 0 saturated heterocycles. The van der Waals surface area contributed by atoms with E-state index in [-0.39, 0.29) is 24.7 Å². The van der Waals surface area contributed by atoms with Crippen molar-refractivity contribution in [2.24, 2.45) is 11.8 Å². The summed E-state index contributed by atoms with van der Waals surface area (Å²) in [7, 11) is 0. The van der Waals surface area contributed by atoms with Gasteiger partial charge in [0, 0.05) is 13.0 Å². The Balaban J connectivity index is 1.38. The summed E-state index contributed by atoms with van der Waals surface area (Å²) >= 11 is 0. The number of esters is 1. The van der Waals surface area contributed by atoms with Crippen molar-refractivity contribution in [3.8, 4) is 0 Å². The third-order valence-corrected chi connectivity index (χ3v) is 4.71. The van der Waals surface area contributed by atoms with Crippen LogP contribution in [-0.2, 0) is 20.7 Å². The van der Waals surface area contributed by atoms with Crippen LogP contribution in [0.5, 0.6) is 0 Å². The first-order valence-corrected chi connectivity index (χ1v) is 8.41. The van der Waals surface area contributed by atoms with Crippen molar-refractivity contribution in [3.05, 3.63) is 35.4 Å². The Hall–Kier alpha value is -1.84. The molecule has 3 unspecified atom stereocenters. The van der Waals surface area contributed by atoms with E-state index >= 15 is 0 Å². The van der Waals surface area contributed by atoms with E-state index in [9.17, 15) is 9.59 Å². The van der Waals surface area contributed by atoms with Gasteiger partial charge in [-0.2, -0.15) is 0 Å². The molecule has 1 N–H and O–H groups in total. The third-order valence-electron chi connectivity index (χ3n) is 4.71. The number of benzene rings is 1. The van der Waals surface area contributed by atoms with E-state index in [1.54, 1.807) is 0 Å². The number of nitrogens with one attached hydrogen (secondary N) is 1. The molecule has 1 aromatic carbocycles. The highest BCUT2D eigenvalue weighted by molar-refractivity contribution is 5.81. The predicted octanol–water partition coefficient (Wildman–Crippen LogP) is 2.81. The summed E-state index contributed by atoms with van der Waals surface area (Å²) in [5.74, 6) is 1.50. The maximum absolute atomic E-state index is 11.9. The Morgan fingerprint density at radius 1 is 1.22 bits per heavy atom. The molecule has 1 aromatic rings. The van der Waals surface area contributed by atoms with Gasteiger partial charge >= 0.3 is 5.97 Å². The van der Waals surface area contributed by atoms with E-state index in [2.05, 4.69) is 29.6 Å². The minimum atomic E-state index is -0.494. The molecule has 0 aromatic heterocycles. The van der Waals surface area contributed by atoms with E-state index in [4.69, 9.17) is 4.74 Å². The van der Waals surface area contributed by atoms with E-state index in [0.29, 0.717) is 17.8 Å². The fourth-order valence-corrected chi connectivity index (χ4v) is 3.69. The van der Waals surface area contributed by atoms with Crippen LogP contribution in [0.2, 0.25) is 0 Å². The van der Waals surface area contributed by atoms with Gasteiger partial charge in [-0.05, 0) is 56.1 Å². The van der Waals surface area contributed by atoms with Crippen LogP contribution in [0.3, 0.4) is 0 Å². The normalized spacial score (nSPS) is 24.6. The summed E-state index contributed by atoms with van der Waals surface area (Å²) in [4.78, 5) is 23.5. The van der Waals surface area contributed by atoms with Crippen molar-refractivity contribution in [1.29, 1.82) is 0 Å². The molecule has 23 heavy (non-hydrogen) atoms. The topological polar surface area (TPSA) is 55.4 Å². The fourth-order valence-electron chi connectivity index (χ4n) is 3.69. The van der Waals surface area contributed by atoms with Gasteiger partial charge in [0.1, 0.15) is 5.60 Å². The Labute approximate surface area is 137 Å². The minimum Gasteiger partial charge on any atom is -0.460 e. The molecule has 1 saturated carbocycles. The van der Waals surface area contributed by atoms with E-state index < -0.39 is 5.60 Å². The lowest BCUT2D eigenvalue weighted by molar-refractivity contribution is -0.155. The zero-order chi connectivity index (χ0) is 16.6. The van der Waals surface area contributed by atoms with Gasteiger partial charge in [0.15, 0.2) is 0 Å². The van der Waals surface area contributed by atoms with E-state index in [0.717, 1.165) is 13.0 Å². The van der Waals surface area contributed by atoms with Crippen LogP contribution in [-0.4, -0.2) is 24.0 Å². The number of hydrogen-bond donors (Lipinski definition) is 1. The van der Waals surface area contributed by atoms with Gasteiger partial charge in [-0.3, -0.25) is 9.59 Å². The van der Waals surface area contributed by atoms with Crippen LogP contribution in [0.1, 0.15) is 50.7 Å². The monoisotopic (exact) mass is 315 g/mol. The molecule has 0 spiro atoms. The summed E-state index contributed by atoms with van der Waals surface area (Å²) in [6.45, 7) is 6.20. The maximum atomic E-state index is 11.9. The SMILES string of the molecule is CC(C)(C)OC(=O)CCC(=O)NCC1C2Cc3ccccc3C12. The van der Waals surface area contributed by atoms with Gasteiger partial charge in [-0.1, -0.05) is 24.3 Å². The smallest absolute Gasteiger partial charge is 0.306 e. The first-order valence-electron chi connectivity index (χ1n) is 8.41. The highest BCUT2D eigenvalue weighted by Gasteiger charge is 2.54. The van der Waals surface area contributed by atoms with Gasteiger partial charge in [0.2, 0.25) is 5.91 Å². The van der Waals surface area contributed by atoms with Gasteiger partial charge in [-0.25, -0.2) is 0 Å². The number of carbonyl (C=O) groups excluding carboxylic acids is 2. The molecule has 3 rings (SSSR count). The van der Waals surface area contributed by atoms with Crippen molar-refractivity contribution in [3.63, 3.8) is 0 Å². The van der Waals surface area contributed by atoms with Crippen molar-refractivity contribution in [2.75, 3.05) is 6.54 Å². The molecule has 0 heterocycles. The first-order chi connectivity index (χ1) is 10.8. The second-order valence-electron chi connectivity index (χ2n) is 7.65. The average Bonchev–Trinajstić information content (AvgIpc) is 3.00. The molecule has 4 heteroatoms. The Morgan fingerprint density at radius 3 is 2.70 bits per heavy atom. The van der Waals surface area contributed by atoms with Crippen LogP contribution in [0.15, 0.2) is 24.3 Å². The highest BCUT2D eigenvalue weighted by Crippen LogP contribution is 2.60. The van der Waals surface area contributed by atoms with Crippen LogP contribution < -0.4 is 5.32 Å². The number of fused-ring (bicyclic) bond motifs is 3. The number of hydrogen-bond acceptors (Lipinski definition) is 3. The Morgan fingerprint density at radius 2 is 1.96 bits per heavy atom. The highest BCUT2D eigenvalue weighted by atomic mass is 16.6. The molecule has 1 amide bonds. The maximum Gasteiger partial charge on any atom is 0.306 e. The standard InChI is InChI=1S/C19H25NO3/c1-19(2,3)23-17(22)9-8-16(21)20-11-15-14-10-12-6-4-5-7-13(12)18(14)15/h4-7,14-15,18H,8-11H2,1-3H3,(H,20,21). The number of amides is 1. The molecule has 4 nitrogen and oxygen atoms in total. The fraction of sp³-hybridized carbons (Fsp3) is 0.579. The van der Waals surface area contributed by atoms with Crippen molar-refractivity contribution in [1.82, 2.24) is 5.32 Å². The summed E-state index contributed by atoms with van der Waals surface area (Å²) in [5, 5.41) is 2.98. The lowest BCUT2D eigenvalue weighted by atomic mass is 10.0. The largest absolute Gasteiger partial charge is 0.460 e. The Bertz CT molecular complexity index is 617. The van der Waals surface area contributed by atoms with Crippen molar-refractivity contribution in [2.45, 2.75) is 51.6 Å². The second-order valence-corrected chi connectivity index (χ2v) is 7.65. The molecular weight excluding hydrogens is 290 g/mol. The molecule has 1 fully saturated rings. The molecule has 0 bridgehead atoms. The quantitative estimate of drug-likeness (QED) is 0.850. The predicted molar refractivity (Wildman–Crippen MR) is 88.0 cm³/mol. The summed E-state index contributed by atoms with van der Waals surface area (Å²) < 4.78 is 5.21. The molecule has 0 radical (unpaired) electrons. The number of rotatable bonds is 5. The van der Waals surface area contributed by atoms with Crippen molar-refractivity contribution < 1.29 is 14.3 Å². The van der Waals surface area contributed by atoms with Gasteiger partial charge < -0.3 is 10.1 Å². The summed E-state index contributed by atoms with van der Waals surface area (Å²) in [6.07, 6.45) is 1.48. The van der Waals surface area contributed by atoms with Crippen molar-refractivity contribution >= 4 is 11.9 Å². The molecular formula is C19H25NO3. The van der Waals surface area contributed by atoms with E-state index in [1.807, 2.05) is 20.8 Å². The molecule has 3 atom stereocenters. The molecule has 124 valence electrons. The zero-order valence-electron chi connectivity index (χ0n) is 14.1. The average molecular weight is 315 g/mol. The van der Waals surface area contributed by atoms with Gasteiger partial charge in [0.25, 0.3) is 0 Å². The van der Waals surface area contributed by atoms with Gasteiger partial charge in [0.05, 0.1) is 6.42 Å². The molecule has 2 aliphatic rings. The van der Waals surface area contributed by atoms with Crippen LogP contribution in [0.25, 0.3) is 0 Å². The lowest BCUT2D eigenvalue weighted by Crippen LogP contribution is -2.28. The second kappa shape index (κ2) is 5.99. The third kappa shape index (κ3) is 3.74. The van der Waals surface area contributed by atoms with Crippen LogP contribution in [0.4, 0.5) is 0 Å². The van der Waals surface area contributed by atoms with E-state index in [1.165, 1.54) is 11.1 Å². The summed E-state index contributed by atoms with van der Waals surface area (Å²) in [6, 6.07) is 8.61. The molecule has 0 aliphatic heterocycles. The molecule has 2 aliphatic carbocycles. The lowest BCUT2D eigenvalue weighted by Gasteiger charge is -2.19. The summed E-state index contributed by atoms with van der Waals surface area (Å²) in [5.41, 5.74) is 2.44. The minimum absolute atomic E-state index is 0.0610. The van der Waals surface area contributed by atoms with Crippen LogP contribution >= 0.6 is 0 Å². The van der Waals surface area contributed by atoms with Crippen LogP contribution in [0, 0.1) is 11.8 Å². The number of carbonyl (C=O) groups is 2. The Kier molecular flexibility index (Phi) is 4.17. The number of ether oxygens (including phenoxy) is 1.